The molecule has 0 saturated carbocycles. The van der Waals surface area contributed by atoms with E-state index in [9.17, 15) is 10.1 Å². The summed E-state index contributed by atoms with van der Waals surface area (Å²) in [4.78, 5) is 14.8. The van der Waals surface area contributed by atoms with Crippen LogP contribution in [-0.4, -0.2) is 14.3 Å². The molecule has 3 aromatic rings. The fourth-order valence-corrected chi connectivity index (χ4v) is 2.12. The standard InChI is InChI=1S/C14H10ClN3O3/c15-10-4-5-12(18(19)20)13(7-10)21-9-11-8-17-6-2-1-3-14(17)16-11/h1-8H,9H2. The quantitative estimate of drug-likeness (QED) is 0.546. The highest BCUT2D eigenvalue weighted by atomic mass is 35.5. The number of hydrogen-bond acceptors (Lipinski definition) is 4. The van der Waals surface area contributed by atoms with E-state index in [-0.39, 0.29) is 18.0 Å². The van der Waals surface area contributed by atoms with Crippen LogP contribution >= 0.6 is 11.6 Å². The van der Waals surface area contributed by atoms with Crippen molar-refractivity contribution in [2.24, 2.45) is 0 Å². The lowest BCUT2D eigenvalue weighted by Gasteiger charge is -2.05. The first kappa shape index (κ1) is 13.4. The van der Waals surface area contributed by atoms with Gasteiger partial charge in [0, 0.05) is 29.5 Å². The Bertz CT molecular complexity index is 783. The van der Waals surface area contributed by atoms with E-state index in [0.717, 1.165) is 5.65 Å². The molecule has 3 rings (SSSR count). The molecule has 106 valence electrons. The van der Waals surface area contributed by atoms with E-state index < -0.39 is 4.92 Å². The highest BCUT2D eigenvalue weighted by Gasteiger charge is 2.16. The second kappa shape index (κ2) is 5.41. The molecule has 2 heterocycles. The monoisotopic (exact) mass is 303 g/mol. The first-order valence-electron chi connectivity index (χ1n) is 6.13. The van der Waals surface area contributed by atoms with Gasteiger partial charge in [-0.3, -0.25) is 10.1 Å². The van der Waals surface area contributed by atoms with E-state index in [4.69, 9.17) is 16.3 Å². The average Bonchev–Trinajstić information content (AvgIpc) is 2.87. The van der Waals surface area contributed by atoms with Crippen molar-refractivity contribution < 1.29 is 9.66 Å². The van der Waals surface area contributed by atoms with Crippen LogP contribution in [0.5, 0.6) is 5.75 Å². The number of nitro benzene ring substituents is 1. The third-order valence-corrected chi connectivity index (χ3v) is 3.14. The van der Waals surface area contributed by atoms with Gasteiger partial charge in [-0.2, -0.15) is 0 Å². The Morgan fingerprint density at radius 2 is 2.19 bits per heavy atom. The number of hydrogen-bond donors (Lipinski definition) is 0. The highest BCUT2D eigenvalue weighted by Crippen LogP contribution is 2.30. The molecule has 0 fully saturated rings. The van der Waals surface area contributed by atoms with E-state index in [0.29, 0.717) is 10.7 Å². The van der Waals surface area contributed by atoms with Crippen molar-refractivity contribution in [3.05, 3.63) is 69.6 Å². The van der Waals surface area contributed by atoms with Gasteiger partial charge < -0.3 is 9.14 Å². The summed E-state index contributed by atoms with van der Waals surface area (Å²) in [5.41, 5.74) is 1.34. The van der Waals surface area contributed by atoms with Crippen LogP contribution < -0.4 is 4.74 Å². The minimum atomic E-state index is -0.505. The number of halogens is 1. The van der Waals surface area contributed by atoms with Crippen molar-refractivity contribution in [2.45, 2.75) is 6.61 Å². The summed E-state index contributed by atoms with van der Waals surface area (Å²) in [6.45, 7) is 0.128. The summed E-state index contributed by atoms with van der Waals surface area (Å²) in [5.74, 6) is 0.129. The second-order valence-electron chi connectivity index (χ2n) is 4.36. The number of benzene rings is 1. The lowest BCUT2D eigenvalue weighted by Crippen LogP contribution is -1.99. The number of rotatable bonds is 4. The van der Waals surface area contributed by atoms with Crippen LogP contribution in [0.2, 0.25) is 5.02 Å². The van der Waals surface area contributed by atoms with Gasteiger partial charge in [0.15, 0.2) is 5.75 Å². The molecule has 0 bridgehead atoms. The molecule has 21 heavy (non-hydrogen) atoms. The normalized spacial score (nSPS) is 10.7. The van der Waals surface area contributed by atoms with Crippen LogP contribution in [0.25, 0.3) is 5.65 Å². The zero-order valence-corrected chi connectivity index (χ0v) is 11.5. The van der Waals surface area contributed by atoms with Crippen LogP contribution in [0, 0.1) is 10.1 Å². The maximum absolute atomic E-state index is 10.9. The van der Waals surface area contributed by atoms with Crippen molar-refractivity contribution in [3.8, 4) is 5.75 Å². The zero-order valence-electron chi connectivity index (χ0n) is 10.8. The van der Waals surface area contributed by atoms with Gasteiger partial charge in [0.05, 0.1) is 10.6 Å². The summed E-state index contributed by atoms with van der Waals surface area (Å²) < 4.78 is 7.35. The third-order valence-electron chi connectivity index (χ3n) is 2.91. The molecule has 0 atom stereocenters. The van der Waals surface area contributed by atoms with Crippen molar-refractivity contribution in [2.75, 3.05) is 0 Å². The van der Waals surface area contributed by atoms with Gasteiger partial charge in [0.2, 0.25) is 0 Å². The van der Waals surface area contributed by atoms with Crippen molar-refractivity contribution >= 4 is 22.9 Å². The number of fused-ring (bicyclic) bond motifs is 1. The van der Waals surface area contributed by atoms with Gasteiger partial charge in [-0.25, -0.2) is 4.98 Å². The van der Waals surface area contributed by atoms with E-state index in [1.165, 1.54) is 18.2 Å². The van der Waals surface area contributed by atoms with Crippen molar-refractivity contribution in [1.29, 1.82) is 0 Å². The van der Waals surface area contributed by atoms with Crippen molar-refractivity contribution in [1.82, 2.24) is 9.38 Å². The zero-order chi connectivity index (χ0) is 14.8. The minimum Gasteiger partial charge on any atom is -0.480 e. The fourth-order valence-electron chi connectivity index (χ4n) is 1.96. The molecule has 0 aliphatic carbocycles. The molecule has 0 aliphatic rings. The molecule has 6 nitrogen and oxygen atoms in total. The molecule has 0 aliphatic heterocycles. The summed E-state index contributed by atoms with van der Waals surface area (Å²) >= 11 is 5.85. The molecule has 2 aromatic heterocycles. The number of nitrogens with zero attached hydrogens (tertiary/aromatic N) is 3. The van der Waals surface area contributed by atoms with E-state index in [2.05, 4.69) is 4.98 Å². The molecule has 1 aromatic carbocycles. The number of aromatic nitrogens is 2. The Labute approximate surface area is 124 Å². The lowest BCUT2D eigenvalue weighted by molar-refractivity contribution is -0.385. The van der Waals surface area contributed by atoms with E-state index in [1.807, 2.05) is 35.0 Å². The van der Waals surface area contributed by atoms with E-state index in [1.54, 1.807) is 0 Å². The van der Waals surface area contributed by atoms with Crippen LogP contribution in [0.1, 0.15) is 5.69 Å². The Hall–Kier alpha value is -2.60. The van der Waals surface area contributed by atoms with Crippen LogP contribution in [0.3, 0.4) is 0 Å². The first-order valence-corrected chi connectivity index (χ1v) is 6.50. The van der Waals surface area contributed by atoms with Gasteiger partial charge in [0.1, 0.15) is 12.3 Å². The van der Waals surface area contributed by atoms with Gasteiger partial charge in [0.25, 0.3) is 0 Å². The predicted octanol–water partition coefficient (Wildman–Crippen LogP) is 3.47. The Kier molecular flexibility index (Phi) is 3.45. The van der Waals surface area contributed by atoms with Gasteiger partial charge in [-0.1, -0.05) is 17.7 Å². The largest absolute Gasteiger partial charge is 0.480 e. The van der Waals surface area contributed by atoms with Gasteiger partial charge in [-0.05, 0) is 18.2 Å². The number of pyridine rings is 1. The molecule has 0 N–H and O–H groups in total. The number of imidazole rings is 1. The SMILES string of the molecule is O=[N+]([O-])c1ccc(Cl)cc1OCc1cn2ccccc2n1. The lowest BCUT2D eigenvalue weighted by atomic mass is 10.3. The van der Waals surface area contributed by atoms with Gasteiger partial charge >= 0.3 is 5.69 Å². The summed E-state index contributed by atoms with van der Waals surface area (Å²) in [6, 6.07) is 9.84. The minimum absolute atomic E-state index is 0.122. The average molecular weight is 304 g/mol. The summed E-state index contributed by atoms with van der Waals surface area (Å²) in [6.07, 6.45) is 3.68. The maximum Gasteiger partial charge on any atom is 0.311 e. The number of ether oxygens (including phenoxy) is 1. The van der Waals surface area contributed by atoms with Gasteiger partial charge in [-0.15, -0.1) is 0 Å². The molecule has 0 spiro atoms. The molecule has 0 unspecified atom stereocenters. The highest BCUT2D eigenvalue weighted by molar-refractivity contribution is 6.30. The van der Waals surface area contributed by atoms with Crippen LogP contribution in [0.4, 0.5) is 5.69 Å². The summed E-state index contributed by atoms with van der Waals surface area (Å²) in [7, 11) is 0. The Balaban J connectivity index is 1.84. The molecule has 0 saturated heterocycles. The van der Waals surface area contributed by atoms with Crippen LogP contribution in [0.15, 0.2) is 48.8 Å². The Morgan fingerprint density at radius 1 is 1.33 bits per heavy atom. The van der Waals surface area contributed by atoms with Crippen LogP contribution in [-0.2, 0) is 6.61 Å². The third kappa shape index (κ3) is 2.80. The predicted molar refractivity (Wildman–Crippen MR) is 77.6 cm³/mol. The Morgan fingerprint density at radius 3 is 2.95 bits per heavy atom. The molecular formula is C14H10ClN3O3. The van der Waals surface area contributed by atoms with Crippen molar-refractivity contribution in [3.63, 3.8) is 0 Å². The van der Waals surface area contributed by atoms with E-state index >= 15 is 0 Å². The molecule has 0 radical (unpaired) electrons. The molecule has 7 heteroatoms. The maximum atomic E-state index is 10.9. The topological polar surface area (TPSA) is 69.7 Å². The smallest absolute Gasteiger partial charge is 0.311 e. The second-order valence-corrected chi connectivity index (χ2v) is 4.79. The molecular weight excluding hydrogens is 294 g/mol. The first-order chi connectivity index (χ1) is 10.1. The summed E-state index contributed by atoms with van der Waals surface area (Å²) in [5, 5.41) is 11.3. The fraction of sp³-hybridized carbons (Fsp3) is 0.0714. The molecule has 0 amide bonds. The number of nitro groups is 1.